The van der Waals surface area contributed by atoms with E-state index in [-0.39, 0.29) is 0 Å². The second kappa shape index (κ2) is 9.32. The van der Waals surface area contributed by atoms with Crippen molar-refractivity contribution in [1.82, 2.24) is 9.13 Å². The highest BCUT2D eigenvalue weighted by atomic mass is 15.0. The van der Waals surface area contributed by atoms with E-state index in [0.29, 0.717) is 0 Å². The Morgan fingerprint density at radius 2 is 0.978 bits per heavy atom. The molecule has 0 N–H and O–H groups in total. The molecule has 9 aromatic rings. The minimum atomic E-state index is 0.926. The zero-order valence-corrected chi connectivity index (χ0v) is 24.6. The molecule has 1 aliphatic rings. The molecule has 1 aliphatic carbocycles. The van der Waals surface area contributed by atoms with Gasteiger partial charge in [-0.3, -0.25) is 0 Å². The molecule has 45 heavy (non-hydrogen) atoms. The smallest absolute Gasteiger partial charge is 0.0544 e. The lowest BCUT2D eigenvalue weighted by atomic mass is 10.00. The van der Waals surface area contributed by atoms with E-state index in [0.717, 1.165) is 6.42 Å². The second-order valence-electron chi connectivity index (χ2n) is 12.1. The van der Waals surface area contributed by atoms with Crippen molar-refractivity contribution in [3.8, 4) is 33.6 Å². The van der Waals surface area contributed by atoms with Crippen LogP contribution in [0, 0.1) is 0 Å². The molecule has 10 rings (SSSR count). The normalized spacial score (nSPS) is 12.4. The molecule has 0 fully saturated rings. The number of hydrogen-bond donors (Lipinski definition) is 0. The minimum absolute atomic E-state index is 0.926. The number of rotatable bonds is 3. The first-order valence-electron chi connectivity index (χ1n) is 15.7. The topological polar surface area (TPSA) is 9.86 Å². The average molecular weight is 573 g/mol. The number of fused-ring (bicyclic) bond motifs is 10. The Kier molecular flexibility index (Phi) is 5.09. The maximum atomic E-state index is 2.45. The fourth-order valence-electron chi connectivity index (χ4n) is 7.78. The van der Waals surface area contributed by atoms with Crippen LogP contribution < -0.4 is 0 Å². The highest BCUT2D eigenvalue weighted by Gasteiger charge is 2.26. The summed E-state index contributed by atoms with van der Waals surface area (Å²) in [6.07, 6.45) is 0.926. The van der Waals surface area contributed by atoms with E-state index in [9.17, 15) is 0 Å². The number of para-hydroxylation sites is 3. The molecule has 2 nitrogen and oxygen atoms in total. The Morgan fingerprint density at radius 1 is 0.378 bits per heavy atom. The van der Waals surface area contributed by atoms with Crippen molar-refractivity contribution in [3.63, 3.8) is 0 Å². The van der Waals surface area contributed by atoms with Gasteiger partial charge in [-0.25, -0.2) is 0 Å². The predicted molar refractivity (Wildman–Crippen MR) is 189 cm³/mol. The SMILES string of the molecule is c1ccc(-c2ccc(-n3c4ccccc4c4c5c(ccc43)-c3cc4c6ccccc6n(-c6ccccc6)c4cc3C5)cc2)cc1. The van der Waals surface area contributed by atoms with Crippen molar-refractivity contribution in [2.75, 3.05) is 0 Å². The van der Waals surface area contributed by atoms with Crippen molar-refractivity contribution in [2.45, 2.75) is 6.42 Å². The first-order chi connectivity index (χ1) is 22.3. The summed E-state index contributed by atoms with van der Waals surface area (Å²) in [7, 11) is 0. The summed E-state index contributed by atoms with van der Waals surface area (Å²) in [5.41, 5.74) is 15.4. The van der Waals surface area contributed by atoms with E-state index in [4.69, 9.17) is 0 Å². The largest absolute Gasteiger partial charge is 0.309 e. The highest BCUT2D eigenvalue weighted by molar-refractivity contribution is 6.15. The first-order valence-corrected chi connectivity index (χ1v) is 15.7. The molecule has 0 unspecified atom stereocenters. The predicted octanol–water partition coefficient (Wildman–Crippen LogP) is 11.1. The molecule has 0 atom stereocenters. The summed E-state index contributed by atoms with van der Waals surface area (Å²) in [5.74, 6) is 0. The number of nitrogens with zero attached hydrogens (tertiary/aromatic N) is 2. The Hall–Kier alpha value is -5.86. The number of aromatic nitrogens is 2. The Balaban J connectivity index is 1.19. The van der Waals surface area contributed by atoms with Gasteiger partial charge >= 0.3 is 0 Å². The van der Waals surface area contributed by atoms with Gasteiger partial charge < -0.3 is 9.13 Å². The molecule has 0 saturated carbocycles. The van der Waals surface area contributed by atoms with Crippen LogP contribution in [0.2, 0.25) is 0 Å². The second-order valence-corrected chi connectivity index (χ2v) is 12.1. The van der Waals surface area contributed by atoms with Crippen molar-refractivity contribution >= 4 is 43.6 Å². The molecule has 0 amide bonds. The summed E-state index contributed by atoms with van der Waals surface area (Å²) in [6.45, 7) is 0. The van der Waals surface area contributed by atoms with Crippen LogP contribution in [0.1, 0.15) is 11.1 Å². The minimum Gasteiger partial charge on any atom is -0.309 e. The van der Waals surface area contributed by atoms with Crippen molar-refractivity contribution < 1.29 is 0 Å². The molecule has 2 heterocycles. The van der Waals surface area contributed by atoms with Gasteiger partial charge in [0.2, 0.25) is 0 Å². The van der Waals surface area contributed by atoms with E-state index in [1.165, 1.54) is 88.4 Å². The van der Waals surface area contributed by atoms with Gasteiger partial charge in [0.25, 0.3) is 0 Å². The van der Waals surface area contributed by atoms with Gasteiger partial charge in [-0.1, -0.05) is 103 Å². The van der Waals surface area contributed by atoms with E-state index in [1.807, 2.05) is 0 Å². The average Bonchev–Trinajstić information content (AvgIpc) is 3.75. The highest BCUT2D eigenvalue weighted by Crippen LogP contribution is 2.47. The van der Waals surface area contributed by atoms with Crippen LogP contribution in [0.15, 0.2) is 158 Å². The van der Waals surface area contributed by atoms with E-state index in [1.54, 1.807) is 0 Å². The lowest BCUT2D eigenvalue weighted by molar-refractivity contribution is 1.17. The van der Waals surface area contributed by atoms with Crippen molar-refractivity contribution in [2.24, 2.45) is 0 Å². The Labute approximate surface area is 261 Å². The van der Waals surface area contributed by atoms with E-state index in [2.05, 4.69) is 167 Å². The van der Waals surface area contributed by atoms with Crippen molar-refractivity contribution in [1.29, 1.82) is 0 Å². The summed E-state index contributed by atoms with van der Waals surface area (Å²) < 4.78 is 4.87. The molecule has 2 aromatic heterocycles. The van der Waals surface area contributed by atoms with Gasteiger partial charge in [-0.05, 0) is 94.4 Å². The van der Waals surface area contributed by atoms with Gasteiger partial charge in [0, 0.05) is 32.9 Å². The first kappa shape index (κ1) is 24.6. The fourth-order valence-corrected chi connectivity index (χ4v) is 7.78. The fraction of sp³-hybridized carbons (Fsp3) is 0.0233. The molecule has 7 aromatic carbocycles. The third kappa shape index (κ3) is 3.51. The Bertz CT molecular complexity index is 2580. The molecular weight excluding hydrogens is 544 g/mol. The third-order valence-electron chi connectivity index (χ3n) is 9.75. The summed E-state index contributed by atoms with van der Waals surface area (Å²) in [6, 6.07) is 57.7. The van der Waals surface area contributed by atoms with Gasteiger partial charge in [-0.15, -0.1) is 0 Å². The van der Waals surface area contributed by atoms with Crippen LogP contribution in [-0.4, -0.2) is 9.13 Å². The zero-order chi connectivity index (χ0) is 29.5. The molecule has 0 aliphatic heterocycles. The molecule has 210 valence electrons. The van der Waals surface area contributed by atoms with Crippen LogP contribution in [0.3, 0.4) is 0 Å². The Morgan fingerprint density at radius 3 is 1.76 bits per heavy atom. The van der Waals surface area contributed by atoms with Gasteiger partial charge in [0.1, 0.15) is 0 Å². The van der Waals surface area contributed by atoms with E-state index >= 15 is 0 Å². The molecule has 0 bridgehead atoms. The van der Waals surface area contributed by atoms with Crippen LogP contribution >= 0.6 is 0 Å². The maximum absolute atomic E-state index is 2.45. The summed E-state index contributed by atoms with van der Waals surface area (Å²) >= 11 is 0. The van der Waals surface area contributed by atoms with Crippen LogP contribution in [-0.2, 0) is 6.42 Å². The monoisotopic (exact) mass is 572 g/mol. The number of hydrogen-bond acceptors (Lipinski definition) is 0. The van der Waals surface area contributed by atoms with Crippen LogP contribution in [0.5, 0.6) is 0 Å². The maximum Gasteiger partial charge on any atom is 0.0544 e. The summed E-state index contributed by atoms with van der Waals surface area (Å²) in [4.78, 5) is 0. The lowest BCUT2D eigenvalue weighted by Gasteiger charge is -2.10. The quantitative estimate of drug-likeness (QED) is 0.199. The molecule has 2 heteroatoms. The molecular formula is C43H28N2. The van der Waals surface area contributed by atoms with Gasteiger partial charge in [0.05, 0.1) is 22.1 Å². The van der Waals surface area contributed by atoms with Crippen LogP contribution in [0.25, 0.3) is 77.2 Å². The van der Waals surface area contributed by atoms with Gasteiger partial charge in [-0.2, -0.15) is 0 Å². The lowest BCUT2D eigenvalue weighted by Crippen LogP contribution is -1.94. The molecule has 0 saturated heterocycles. The summed E-state index contributed by atoms with van der Waals surface area (Å²) in [5, 5.41) is 5.28. The van der Waals surface area contributed by atoms with Crippen molar-refractivity contribution in [3.05, 3.63) is 169 Å². The third-order valence-corrected chi connectivity index (χ3v) is 9.75. The zero-order valence-electron chi connectivity index (χ0n) is 24.6. The standard InChI is InChI=1S/C43H28N2/c1-3-11-28(12-4-1)29-19-21-32(22-20-29)44-40-18-10-8-16-35(40)43-38-25-30-26-42-37(27-36(30)33(38)23-24-41(43)44)34-15-7-9-17-39(34)45(42)31-13-5-2-6-14-31/h1-24,26-27H,25H2. The van der Waals surface area contributed by atoms with E-state index < -0.39 is 0 Å². The van der Waals surface area contributed by atoms with Crippen LogP contribution in [0.4, 0.5) is 0 Å². The van der Waals surface area contributed by atoms with Gasteiger partial charge in [0.15, 0.2) is 0 Å². The molecule has 0 radical (unpaired) electrons. The molecule has 0 spiro atoms. The number of benzene rings is 7.